The maximum atomic E-state index is 13.0. The Morgan fingerprint density at radius 3 is 0.972 bits per heavy atom. The minimum atomic E-state index is -0.466. The van der Waals surface area contributed by atoms with Crippen molar-refractivity contribution in [3.8, 4) is 23.0 Å². The van der Waals surface area contributed by atoms with Gasteiger partial charge in [-0.15, -0.1) is 0 Å². The Balaban J connectivity index is 0.000000233. The summed E-state index contributed by atoms with van der Waals surface area (Å²) in [6, 6.07) is 69.0. The molecule has 0 saturated heterocycles. The second-order valence-electron chi connectivity index (χ2n) is 31.4. The van der Waals surface area contributed by atoms with Crippen molar-refractivity contribution < 1.29 is 86.0 Å². The van der Waals surface area contributed by atoms with Gasteiger partial charge >= 0.3 is 11.9 Å². The number of nitrogens with one attached hydrogen (secondary N) is 6. The van der Waals surface area contributed by atoms with Crippen LogP contribution < -0.4 is 50.8 Å². The number of methoxy groups -OCH3 is 4. The number of amides is 4. The van der Waals surface area contributed by atoms with Gasteiger partial charge in [0.1, 0.15) is 24.7 Å². The third-order valence-electron chi connectivity index (χ3n) is 20.0. The molecule has 0 fully saturated rings. The molecule has 0 atom stereocenters. The van der Waals surface area contributed by atoms with Crippen molar-refractivity contribution in [2.24, 2.45) is 0 Å². The van der Waals surface area contributed by atoms with E-state index in [2.05, 4.69) is 71.4 Å². The number of hydrogen-bond acceptors (Lipinski definition) is 20. The SMILES string of the molecule is C=C(C)C(=O)Nc1cc(C)c(Cl)cc1C(=O)c1ccccc1.C=C(C)C(=O)Nc1cc(OC)c(Cl)cc1C(=O)c1ccccc1.C=C(C)C(=O)Nc1ccc(Cl)cc1C(=O)c1ccc(C)cc1.C=C(C)C(=O)Nc1ccc(Cl)cc1C(=O)c1ccc(OC)cc1.C=C(C)C(=O)OCCNc1cc(OC)c(OC)cc1C(=O)c1ccc(Cl)cc1.C=C(C)C(=O)OCCNc1ccc(Cl)cc1C(=O)c1ccccc1Cl. The largest absolute Gasteiger partial charge is 0.497 e. The molecule has 143 heavy (non-hydrogen) atoms. The number of anilines is 6. The van der Waals surface area contributed by atoms with Crippen LogP contribution >= 0.6 is 81.2 Å². The number of carbonyl (C=O) groups excluding carboxylic acids is 12. The third-order valence-corrected chi connectivity index (χ3v) is 22.0. The normalized spacial score (nSPS) is 10.1. The van der Waals surface area contributed by atoms with E-state index in [0.29, 0.717) is 200 Å². The number of hydrogen-bond donors (Lipinski definition) is 6. The van der Waals surface area contributed by atoms with E-state index in [1.165, 1.54) is 39.5 Å². The number of ether oxygens (including phenoxy) is 6. The molecule has 12 aromatic carbocycles. The lowest BCUT2D eigenvalue weighted by atomic mass is 10.00. The fourth-order valence-corrected chi connectivity index (χ4v) is 13.6. The van der Waals surface area contributed by atoms with E-state index in [0.717, 1.165) is 11.1 Å². The molecule has 0 aromatic heterocycles. The number of aryl methyl sites for hydroxylation is 2. The van der Waals surface area contributed by atoms with Crippen LogP contribution in [0.4, 0.5) is 34.1 Å². The van der Waals surface area contributed by atoms with Gasteiger partial charge in [-0.1, -0.05) is 223 Å². The Hall–Kier alpha value is -15.3. The van der Waals surface area contributed by atoms with Crippen LogP contribution in [0.5, 0.6) is 23.0 Å². The predicted octanol–water partition coefficient (Wildman–Crippen LogP) is 25.9. The first-order valence-corrected chi connectivity index (χ1v) is 46.0. The molecular formula is C112H103Cl7N6O18. The molecular weight excluding hydrogens is 1970 g/mol. The smallest absolute Gasteiger partial charge is 0.333 e. The van der Waals surface area contributed by atoms with Gasteiger partial charge in [0.05, 0.1) is 61.2 Å². The molecule has 0 aliphatic carbocycles. The molecule has 0 spiro atoms. The molecule has 6 N–H and O–H groups in total. The van der Waals surface area contributed by atoms with E-state index >= 15 is 0 Å². The fraction of sp³-hybridized carbons (Fsp3) is 0.143. The summed E-state index contributed by atoms with van der Waals surface area (Å²) in [7, 11) is 6.03. The molecule has 12 aromatic rings. The predicted molar refractivity (Wildman–Crippen MR) is 571 cm³/mol. The summed E-state index contributed by atoms with van der Waals surface area (Å²) in [5, 5.41) is 19.9. The summed E-state index contributed by atoms with van der Waals surface area (Å²) < 4.78 is 31.0. The van der Waals surface area contributed by atoms with Gasteiger partial charge in [-0.25, -0.2) is 9.59 Å². The minimum Gasteiger partial charge on any atom is -0.497 e. The van der Waals surface area contributed by atoms with Crippen LogP contribution in [0, 0.1) is 13.8 Å². The molecule has 0 aliphatic heterocycles. The molecule has 0 aliphatic rings. The number of esters is 2. The van der Waals surface area contributed by atoms with Crippen molar-refractivity contribution in [3.05, 3.63) is 435 Å². The van der Waals surface area contributed by atoms with Crippen LogP contribution in [0.3, 0.4) is 0 Å². The zero-order valence-corrected chi connectivity index (χ0v) is 85.5. The van der Waals surface area contributed by atoms with E-state index in [1.54, 1.807) is 255 Å². The molecule has 0 unspecified atom stereocenters. The van der Waals surface area contributed by atoms with Gasteiger partial charge in [0, 0.05) is 162 Å². The quantitative estimate of drug-likeness (QED) is 0.00944. The van der Waals surface area contributed by atoms with Crippen LogP contribution in [0.25, 0.3) is 0 Å². The molecule has 738 valence electrons. The maximum absolute atomic E-state index is 13.0. The summed E-state index contributed by atoms with van der Waals surface area (Å²) in [6.07, 6.45) is 0. The zero-order valence-electron chi connectivity index (χ0n) is 80.2. The Kier molecular flexibility index (Phi) is 45.1. The van der Waals surface area contributed by atoms with Gasteiger partial charge in [0.25, 0.3) is 23.6 Å². The first kappa shape index (κ1) is 115. The first-order chi connectivity index (χ1) is 67.9. The second-order valence-corrected chi connectivity index (χ2v) is 34.4. The van der Waals surface area contributed by atoms with Crippen molar-refractivity contribution >= 4 is 186 Å². The van der Waals surface area contributed by atoms with Crippen molar-refractivity contribution in [1.29, 1.82) is 0 Å². The second kappa shape index (κ2) is 56.3. The molecule has 0 heterocycles. The molecule has 0 radical (unpaired) electrons. The van der Waals surface area contributed by atoms with Gasteiger partial charge in [0.15, 0.2) is 46.2 Å². The zero-order chi connectivity index (χ0) is 106. The summed E-state index contributed by atoms with van der Waals surface area (Å²) in [5.41, 5.74) is 11.6. The maximum Gasteiger partial charge on any atom is 0.333 e. The van der Waals surface area contributed by atoms with Crippen molar-refractivity contribution in [2.75, 3.05) is 86.6 Å². The van der Waals surface area contributed by atoms with Crippen molar-refractivity contribution in [3.63, 3.8) is 0 Å². The molecule has 0 bridgehead atoms. The van der Waals surface area contributed by atoms with Gasteiger partial charge in [-0.05, 0) is 200 Å². The van der Waals surface area contributed by atoms with E-state index in [1.807, 2.05) is 38.1 Å². The Morgan fingerprint density at radius 2 is 0.580 bits per heavy atom. The van der Waals surface area contributed by atoms with E-state index < -0.39 is 11.9 Å². The van der Waals surface area contributed by atoms with Gasteiger partial charge in [0.2, 0.25) is 0 Å². The highest BCUT2D eigenvalue weighted by molar-refractivity contribution is 6.37. The molecule has 12 rings (SSSR count). The lowest BCUT2D eigenvalue weighted by Gasteiger charge is -2.16. The lowest BCUT2D eigenvalue weighted by molar-refractivity contribution is -0.139. The summed E-state index contributed by atoms with van der Waals surface area (Å²) >= 11 is 42.3. The minimum absolute atomic E-state index is 0.120. The van der Waals surface area contributed by atoms with E-state index in [9.17, 15) is 57.5 Å². The average Bonchev–Trinajstić information content (AvgIpc) is 0.812. The van der Waals surface area contributed by atoms with Gasteiger partial charge in [-0.3, -0.25) is 47.9 Å². The van der Waals surface area contributed by atoms with Crippen molar-refractivity contribution in [2.45, 2.75) is 55.4 Å². The molecule has 0 saturated carbocycles. The summed E-state index contributed by atoms with van der Waals surface area (Å²) in [4.78, 5) is 147. The Labute approximate surface area is 865 Å². The van der Waals surface area contributed by atoms with Crippen LogP contribution in [0.1, 0.15) is 148 Å². The number of carbonyl (C=O) groups is 12. The number of benzene rings is 12. The number of rotatable bonds is 34. The van der Waals surface area contributed by atoms with Crippen LogP contribution in [-0.4, -0.2) is 125 Å². The van der Waals surface area contributed by atoms with Crippen molar-refractivity contribution in [1.82, 2.24) is 0 Å². The van der Waals surface area contributed by atoms with E-state index in [-0.39, 0.29) is 77.1 Å². The molecule has 31 heteroatoms. The summed E-state index contributed by atoms with van der Waals surface area (Å²) in [5.74, 6) is -1.71. The monoisotopic (exact) mass is 2060 g/mol. The Morgan fingerprint density at radius 1 is 0.266 bits per heavy atom. The van der Waals surface area contributed by atoms with Crippen LogP contribution in [0.2, 0.25) is 35.2 Å². The number of halogens is 7. The fourth-order valence-electron chi connectivity index (χ4n) is 12.3. The van der Waals surface area contributed by atoms with Crippen LogP contribution in [0.15, 0.2) is 322 Å². The first-order valence-electron chi connectivity index (χ1n) is 43.3. The van der Waals surface area contributed by atoms with E-state index in [4.69, 9.17) is 110 Å². The number of ketones is 6. The third kappa shape index (κ3) is 34.6. The van der Waals surface area contributed by atoms with Gasteiger partial charge in [-0.2, -0.15) is 0 Å². The molecule has 4 amide bonds. The summed E-state index contributed by atoms with van der Waals surface area (Å²) in [6.45, 7) is 35.6. The Bertz CT molecular complexity index is 6830. The lowest BCUT2D eigenvalue weighted by Crippen LogP contribution is -2.16. The highest BCUT2D eigenvalue weighted by Crippen LogP contribution is 2.38. The van der Waals surface area contributed by atoms with Gasteiger partial charge < -0.3 is 60.3 Å². The van der Waals surface area contributed by atoms with Crippen LogP contribution in [-0.2, 0) is 38.2 Å². The molecule has 24 nitrogen and oxygen atoms in total. The standard InChI is InChI=1S/C21H22ClNO5.C19H17Cl2NO3.2C18H16ClNO3.2C18H16ClNO2/c1-13(2)21(25)28-10-9-23-17-12-19(27-4)18(26-3)11-16(17)20(24)14-5-7-15(22)8-6-14;1-12(2)19(24)25-10-9-22-17-8-7-13(20)11-15(17)18(23)14-5-3-4-6-16(14)21;1-11(2)18(22)20-16-9-6-13(19)10-15(16)17(21)12-4-7-14(23-3)8-5-12;1-11(2)18(22)20-15-10-16(23-3)14(19)9-13(15)17(21)12-7-5-4-6-8-12;1-11(2)18(22)20-16-9-8-14(19)10-15(16)17(21)13-6-4-12(3)5-7-13;1-11(2)18(22)20-16-9-12(3)15(19)10-14(16)17(21)13-7-5-4-6-8-13/h5-8,11-12,23H,1,9-10H2,2-4H3;3-8,11,22H,1,9-10H2,2H3;2*4-10H,1H2,2-3H3,(H,20,22);2*4-10H,1H2,2-3H3,(H,20,22). The highest BCUT2D eigenvalue weighted by Gasteiger charge is 2.26. The average molecular weight is 2070 g/mol. The topological polar surface area (TPSA) is 332 Å². The highest BCUT2D eigenvalue weighted by atomic mass is 35.5.